The van der Waals surface area contributed by atoms with Gasteiger partial charge in [0.1, 0.15) is 0 Å². The molecule has 0 aliphatic carbocycles. The van der Waals surface area contributed by atoms with Gasteiger partial charge in [0.15, 0.2) is 0 Å². The fourth-order valence-corrected chi connectivity index (χ4v) is 3.23. The first-order valence-electron chi connectivity index (χ1n) is 7.84. The molecule has 2 heterocycles. The van der Waals surface area contributed by atoms with Gasteiger partial charge in [-0.15, -0.1) is 0 Å². The highest BCUT2D eigenvalue weighted by Gasteiger charge is 2.22. The molecule has 2 aromatic carbocycles. The number of aromatic amines is 1. The number of rotatable bonds is 4. The third kappa shape index (κ3) is 2.57. The summed E-state index contributed by atoms with van der Waals surface area (Å²) in [5.41, 5.74) is 3.75. The second-order valence-corrected chi connectivity index (χ2v) is 5.90. The van der Waals surface area contributed by atoms with Gasteiger partial charge < -0.3 is 10.2 Å². The quantitative estimate of drug-likeness (QED) is 0.777. The summed E-state index contributed by atoms with van der Waals surface area (Å²) >= 11 is 0. The third-order valence-electron chi connectivity index (χ3n) is 4.45. The molecule has 4 nitrogen and oxygen atoms in total. The van der Waals surface area contributed by atoms with Crippen LogP contribution in [0.25, 0.3) is 10.9 Å². The topological polar surface area (TPSA) is 44.0 Å². The minimum absolute atomic E-state index is 0.540. The molecule has 4 heteroatoms. The Balaban J connectivity index is 1.40. The summed E-state index contributed by atoms with van der Waals surface area (Å²) in [7, 11) is 0. The smallest absolute Gasteiger partial charge is 0.0695 e. The minimum atomic E-state index is 0.540. The monoisotopic (exact) mass is 292 g/mol. The molecule has 2 N–H and O–H groups in total. The highest BCUT2D eigenvalue weighted by molar-refractivity contribution is 5.81. The highest BCUT2D eigenvalue weighted by Crippen LogP contribution is 2.21. The number of hydrogen-bond donors (Lipinski definition) is 2. The van der Waals surface area contributed by atoms with Crippen molar-refractivity contribution in [1.82, 2.24) is 15.5 Å². The Morgan fingerprint density at radius 2 is 2.05 bits per heavy atom. The predicted octanol–water partition coefficient (Wildman–Crippen LogP) is 2.93. The first-order chi connectivity index (χ1) is 10.9. The first kappa shape index (κ1) is 13.3. The van der Waals surface area contributed by atoms with Gasteiger partial charge in [-0.2, -0.15) is 5.10 Å². The molecule has 0 spiro atoms. The molecule has 0 radical (unpaired) electrons. The van der Waals surface area contributed by atoms with E-state index in [0.29, 0.717) is 6.04 Å². The van der Waals surface area contributed by atoms with Crippen molar-refractivity contribution in [2.24, 2.45) is 0 Å². The molecule has 1 aliphatic heterocycles. The van der Waals surface area contributed by atoms with Crippen molar-refractivity contribution in [1.29, 1.82) is 0 Å². The number of nitrogens with zero attached hydrogens (tertiary/aromatic N) is 2. The van der Waals surface area contributed by atoms with Crippen LogP contribution in [0.1, 0.15) is 12.0 Å². The van der Waals surface area contributed by atoms with Gasteiger partial charge in [-0.05, 0) is 24.1 Å². The molecular weight excluding hydrogens is 272 g/mol. The zero-order chi connectivity index (χ0) is 14.8. The van der Waals surface area contributed by atoms with Crippen molar-refractivity contribution in [3.8, 4) is 0 Å². The predicted molar refractivity (Wildman–Crippen MR) is 90.0 cm³/mol. The number of aromatic nitrogens is 2. The Morgan fingerprint density at radius 3 is 2.95 bits per heavy atom. The Morgan fingerprint density at radius 1 is 1.14 bits per heavy atom. The van der Waals surface area contributed by atoms with Crippen LogP contribution in [0.4, 0.5) is 5.69 Å². The summed E-state index contributed by atoms with van der Waals surface area (Å²) in [6.45, 7) is 3.08. The number of anilines is 1. The van der Waals surface area contributed by atoms with Crippen molar-refractivity contribution in [2.75, 3.05) is 18.0 Å². The van der Waals surface area contributed by atoms with Gasteiger partial charge in [-0.1, -0.05) is 36.4 Å². The van der Waals surface area contributed by atoms with Crippen LogP contribution >= 0.6 is 0 Å². The molecular formula is C18H20N4. The molecule has 0 saturated carbocycles. The molecule has 0 unspecified atom stereocenters. The number of fused-ring (bicyclic) bond motifs is 1. The molecule has 0 amide bonds. The van der Waals surface area contributed by atoms with Crippen LogP contribution in [0.3, 0.4) is 0 Å². The highest BCUT2D eigenvalue weighted by atomic mass is 15.2. The van der Waals surface area contributed by atoms with Gasteiger partial charge >= 0.3 is 0 Å². The van der Waals surface area contributed by atoms with Gasteiger partial charge in [0.25, 0.3) is 0 Å². The van der Waals surface area contributed by atoms with Gasteiger partial charge in [0, 0.05) is 36.7 Å². The standard InChI is InChI=1S/C18H20N4/c1-2-7-17(8-3-1)22-10-9-16(13-22)19-11-14-5-4-6-15-12-20-21-18(14)15/h1-8,12,16,19H,9-11,13H2,(H,20,21)/t16-/m0/s1. The van der Waals surface area contributed by atoms with E-state index in [2.05, 4.69) is 68.9 Å². The normalized spacial score (nSPS) is 18.2. The van der Waals surface area contributed by atoms with E-state index in [-0.39, 0.29) is 0 Å². The maximum absolute atomic E-state index is 4.13. The minimum Gasteiger partial charge on any atom is -0.370 e. The summed E-state index contributed by atoms with van der Waals surface area (Å²) in [4.78, 5) is 2.45. The van der Waals surface area contributed by atoms with E-state index in [1.54, 1.807) is 0 Å². The number of benzene rings is 2. The summed E-state index contributed by atoms with van der Waals surface area (Å²) in [5, 5.41) is 12.1. The number of para-hydroxylation sites is 2. The Hall–Kier alpha value is -2.33. The fourth-order valence-electron chi connectivity index (χ4n) is 3.23. The lowest BCUT2D eigenvalue weighted by atomic mass is 10.1. The van der Waals surface area contributed by atoms with E-state index in [1.165, 1.54) is 23.1 Å². The van der Waals surface area contributed by atoms with Gasteiger partial charge in [-0.25, -0.2) is 0 Å². The van der Waals surface area contributed by atoms with E-state index in [4.69, 9.17) is 0 Å². The van der Waals surface area contributed by atoms with Crippen LogP contribution < -0.4 is 10.2 Å². The lowest BCUT2D eigenvalue weighted by Crippen LogP contribution is -2.32. The second kappa shape index (κ2) is 5.81. The van der Waals surface area contributed by atoms with E-state index in [0.717, 1.165) is 25.2 Å². The van der Waals surface area contributed by atoms with Crippen molar-refractivity contribution in [2.45, 2.75) is 19.0 Å². The number of H-pyrrole nitrogens is 1. The summed E-state index contributed by atoms with van der Waals surface area (Å²) in [5.74, 6) is 0. The average Bonchev–Trinajstić information content (AvgIpc) is 3.23. The maximum Gasteiger partial charge on any atom is 0.0695 e. The molecule has 0 bridgehead atoms. The van der Waals surface area contributed by atoms with Crippen molar-refractivity contribution in [3.63, 3.8) is 0 Å². The number of nitrogens with one attached hydrogen (secondary N) is 2. The van der Waals surface area contributed by atoms with Gasteiger partial charge in [0.2, 0.25) is 0 Å². The van der Waals surface area contributed by atoms with Crippen LogP contribution in [-0.4, -0.2) is 29.3 Å². The van der Waals surface area contributed by atoms with Crippen LogP contribution in [0, 0.1) is 0 Å². The van der Waals surface area contributed by atoms with E-state index >= 15 is 0 Å². The third-order valence-corrected chi connectivity index (χ3v) is 4.45. The zero-order valence-corrected chi connectivity index (χ0v) is 12.5. The van der Waals surface area contributed by atoms with Crippen molar-refractivity contribution < 1.29 is 0 Å². The molecule has 3 aromatic rings. The van der Waals surface area contributed by atoms with E-state index in [9.17, 15) is 0 Å². The largest absolute Gasteiger partial charge is 0.370 e. The first-order valence-corrected chi connectivity index (χ1v) is 7.84. The molecule has 112 valence electrons. The molecule has 1 aliphatic rings. The van der Waals surface area contributed by atoms with E-state index < -0.39 is 0 Å². The summed E-state index contributed by atoms with van der Waals surface area (Å²) in [6.07, 6.45) is 3.07. The molecule has 1 aromatic heterocycles. The SMILES string of the molecule is c1ccc(N2CC[C@H](NCc3cccc4cn[nH]c34)C2)cc1. The Bertz CT molecular complexity index is 750. The van der Waals surface area contributed by atoms with E-state index in [1.807, 2.05) is 6.20 Å². The van der Waals surface area contributed by atoms with Crippen LogP contribution in [0.2, 0.25) is 0 Å². The van der Waals surface area contributed by atoms with Gasteiger partial charge in [0.05, 0.1) is 11.7 Å². The molecule has 4 rings (SSSR count). The van der Waals surface area contributed by atoms with Crippen molar-refractivity contribution >= 4 is 16.6 Å². The van der Waals surface area contributed by atoms with Crippen LogP contribution in [-0.2, 0) is 6.54 Å². The molecule has 1 fully saturated rings. The van der Waals surface area contributed by atoms with Crippen LogP contribution in [0.15, 0.2) is 54.7 Å². The Kier molecular flexibility index (Phi) is 3.52. The fraction of sp³-hybridized carbons (Fsp3) is 0.278. The molecule has 1 saturated heterocycles. The van der Waals surface area contributed by atoms with Crippen LogP contribution in [0.5, 0.6) is 0 Å². The van der Waals surface area contributed by atoms with Crippen molar-refractivity contribution in [3.05, 3.63) is 60.3 Å². The zero-order valence-electron chi connectivity index (χ0n) is 12.5. The maximum atomic E-state index is 4.13. The van der Waals surface area contributed by atoms with Gasteiger partial charge in [-0.3, -0.25) is 5.10 Å². The Labute approximate surface area is 130 Å². The second-order valence-electron chi connectivity index (χ2n) is 5.90. The lowest BCUT2D eigenvalue weighted by molar-refractivity contribution is 0.552. The number of hydrogen-bond acceptors (Lipinski definition) is 3. The summed E-state index contributed by atoms with van der Waals surface area (Å²) < 4.78 is 0. The summed E-state index contributed by atoms with van der Waals surface area (Å²) in [6, 6.07) is 17.6. The average molecular weight is 292 g/mol. The molecule has 22 heavy (non-hydrogen) atoms. The lowest BCUT2D eigenvalue weighted by Gasteiger charge is -2.19. The molecule has 1 atom stereocenters.